The van der Waals surface area contributed by atoms with Crippen LogP contribution in [0.15, 0.2) is 48.5 Å². The smallest absolute Gasteiger partial charge is 0.118 e. The lowest BCUT2D eigenvalue weighted by atomic mass is 9.88. The van der Waals surface area contributed by atoms with Crippen LogP contribution in [0.1, 0.15) is 37.0 Å². The Balaban J connectivity index is 2.12. The van der Waals surface area contributed by atoms with Gasteiger partial charge in [0.25, 0.3) is 0 Å². The number of aliphatic hydroxyl groups is 1. The Morgan fingerprint density at radius 3 is 2.05 bits per heavy atom. The lowest BCUT2D eigenvalue weighted by Gasteiger charge is -2.24. The van der Waals surface area contributed by atoms with Crippen molar-refractivity contribution in [2.75, 3.05) is 7.11 Å². The van der Waals surface area contributed by atoms with Crippen molar-refractivity contribution < 1.29 is 9.84 Å². The Kier molecular flexibility index (Phi) is 5.03. The van der Waals surface area contributed by atoms with Crippen molar-refractivity contribution in [1.82, 2.24) is 0 Å². The minimum atomic E-state index is -0.862. The SMILES string of the molecule is CCCc1ccc(C(C)(O)Cc2ccc(OC)cc2)cc1. The molecule has 0 radical (unpaired) electrons. The fourth-order valence-electron chi connectivity index (χ4n) is 2.56. The quantitative estimate of drug-likeness (QED) is 0.865. The van der Waals surface area contributed by atoms with Crippen LogP contribution in [0.4, 0.5) is 0 Å². The first-order valence-corrected chi connectivity index (χ1v) is 7.50. The molecule has 1 N–H and O–H groups in total. The second kappa shape index (κ2) is 6.77. The zero-order valence-electron chi connectivity index (χ0n) is 13.1. The van der Waals surface area contributed by atoms with E-state index in [0.29, 0.717) is 6.42 Å². The fourth-order valence-corrected chi connectivity index (χ4v) is 2.56. The highest BCUT2D eigenvalue weighted by Gasteiger charge is 2.23. The van der Waals surface area contributed by atoms with Crippen molar-refractivity contribution in [3.8, 4) is 5.75 Å². The summed E-state index contributed by atoms with van der Waals surface area (Å²) < 4.78 is 5.16. The molecular weight excluding hydrogens is 260 g/mol. The van der Waals surface area contributed by atoms with E-state index in [0.717, 1.165) is 29.7 Å². The van der Waals surface area contributed by atoms with Crippen LogP contribution in [0.25, 0.3) is 0 Å². The molecule has 21 heavy (non-hydrogen) atoms. The molecule has 0 saturated heterocycles. The zero-order valence-corrected chi connectivity index (χ0v) is 13.1. The molecule has 2 heteroatoms. The molecule has 0 aliphatic carbocycles. The molecule has 0 bridgehead atoms. The summed E-state index contributed by atoms with van der Waals surface area (Å²) in [5.41, 5.74) is 2.51. The van der Waals surface area contributed by atoms with Gasteiger partial charge in [-0.15, -0.1) is 0 Å². The third kappa shape index (κ3) is 4.08. The number of hydrogen-bond acceptors (Lipinski definition) is 2. The topological polar surface area (TPSA) is 29.5 Å². The molecule has 0 spiro atoms. The molecule has 1 atom stereocenters. The monoisotopic (exact) mass is 284 g/mol. The van der Waals surface area contributed by atoms with E-state index in [4.69, 9.17) is 4.74 Å². The van der Waals surface area contributed by atoms with Crippen LogP contribution in [-0.2, 0) is 18.4 Å². The van der Waals surface area contributed by atoms with Gasteiger partial charge in [-0.2, -0.15) is 0 Å². The summed E-state index contributed by atoms with van der Waals surface area (Å²) >= 11 is 0. The molecule has 0 amide bonds. The second-order valence-electron chi connectivity index (χ2n) is 5.75. The van der Waals surface area contributed by atoms with Crippen LogP contribution in [-0.4, -0.2) is 12.2 Å². The van der Waals surface area contributed by atoms with E-state index < -0.39 is 5.60 Å². The Bertz CT molecular complexity index is 553. The van der Waals surface area contributed by atoms with Gasteiger partial charge in [-0.25, -0.2) is 0 Å². The molecule has 1 unspecified atom stereocenters. The molecule has 0 saturated carbocycles. The third-order valence-corrected chi connectivity index (χ3v) is 3.82. The van der Waals surface area contributed by atoms with E-state index in [-0.39, 0.29) is 0 Å². The second-order valence-corrected chi connectivity index (χ2v) is 5.75. The third-order valence-electron chi connectivity index (χ3n) is 3.82. The number of benzene rings is 2. The van der Waals surface area contributed by atoms with Gasteiger partial charge in [-0.05, 0) is 42.2 Å². The Morgan fingerprint density at radius 1 is 0.952 bits per heavy atom. The lowest BCUT2D eigenvalue weighted by molar-refractivity contribution is 0.0576. The van der Waals surface area contributed by atoms with Crippen LogP contribution >= 0.6 is 0 Å². The highest BCUT2D eigenvalue weighted by atomic mass is 16.5. The van der Waals surface area contributed by atoms with Crippen LogP contribution in [0, 0.1) is 0 Å². The molecule has 2 rings (SSSR count). The maximum atomic E-state index is 10.8. The van der Waals surface area contributed by atoms with E-state index in [1.807, 2.05) is 43.3 Å². The van der Waals surface area contributed by atoms with Gasteiger partial charge < -0.3 is 9.84 Å². The van der Waals surface area contributed by atoms with Gasteiger partial charge in [0.2, 0.25) is 0 Å². The predicted octanol–water partition coefficient (Wildman–Crippen LogP) is 4.10. The van der Waals surface area contributed by atoms with Crippen LogP contribution in [0.5, 0.6) is 5.75 Å². The first-order chi connectivity index (χ1) is 10.0. The van der Waals surface area contributed by atoms with Crippen molar-refractivity contribution >= 4 is 0 Å². The van der Waals surface area contributed by atoms with E-state index in [2.05, 4.69) is 19.1 Å². The van der Waals surface area contributed by atoms with E-state index >= 15 is 0 Å². The van der Waals surface area contributed by atoms with Crippen molar-refractivity contribution in [3.05, 3.63) is 65.2 Å². The number of hydrogen-bond donors (Lipinski definition) is 1. The van der Waals surface area contributed by atoms with Crippen molar-refractivity contribution in [3.63, 3.8) is 0 Å². The van der Waals surface area contributed by atoms with Gasteiger partial charge in [-0.3, -0.25) is 0 Å². The van der Waals surface area contributed by atoms with E-state index in [1.165, 1.54) is 5.56 Å². The normalized spacial score (nSPS) is 13.7. The summed E-state index contributed by atoms with van der Waals surface area (Å²) in [5, 5.41) is 10.8. The summed E-state index contributed by atoms with van der Waals surface area (Å²) in [4.78, 5) is 0. The predicted molar refractivity (Wildman–Crippen MR) is 86.7 cm³/mol. The summed E-state index contributed by atoms with van der Waals surface area (Å²) in [6.45, 7) is 4.04. The van der Waals surface area contributed by atoms with E-state index in [1.54, 1.807) is 7.11 Å². The Labute approximate surface area is 127 Å². The maximum absolute atomic E-state index is 10.8. The molecule has 0 aliphatic rings. The summed E-state index contributed by atoms with van der Waals surface area (Å²) in [6.07, 6.45) is 2.81. The molecular formula is C19H24O2. The van der Waals surface area contributed by atoms with Gasteiger partial charge in [0.05, 0.1) is 12.7 Å². The van der Waals surface area contributed by atoms with Crippen LogP contribution in [0.2, 0.25) is 0 Å². The minimum absolute atomic E-state index is 0.587. The molecule has 0 aliphatic heterocycles. The van der Waals surface area contributed by atoms with Gasteiger partial charge in [0.1, 0.15) is 5.75 Å². The first kappa shape index (κ1) is 15.6. The van der Waals surface area contributed by atoms with E-state index in [9.17, 15) is 5.11 Å². The van der Waals surface area contributed by atoms with Crippen LogP contribution in [0.3, 0.4) is 0 Å². The highest BCUT2D eigenvalue weighted by molar-refractivity contribution is 5.32. The zero-order chi connectivity index (χ0) is 15.3. The molecule has 0 fully saturated rings. The first-order valence-electron chi connectivity index (χ1n) is 7.50. The average molecular weight is 284 g/mol. The number of rotatable bonds is 6. The van der Waals surface area contributed by atoms with Gasteiger partial charge >= 0.3 is 0 Å². The van der Waals surface area contributed by atoms with Crippen LogP contribution < -0.4 is 4.74 Å². The number of ether oxygens (including phenoxy) is 1. The molecule has 2 nitrogen and oxygen atoms in total. The molecule has 112 valence electrons. The van der Waals surface area contributed by atoms with Gasteiger partial charge in [0, 0.05) is 6.42 Å². The largest absolute Gasteiger partial charge is 0.497 e. The molecule has 2 aromatic carbocycles. The van der Waals surface area contributed by atoms with Crippen molar-refractivity contribution in [1.29, 1.82) is 0 Å². The maximum Gasteiger partial charge on any atom is 0.118 e. The Morgan fingerprint density at radius 2 is 1.52 bits per heavy atom. The molecule has 0 heterocycles. The van der Waals surface area contributed by atoms with Crippen molar-refractivity contribution in [2.45, 2.75) is 38.7 Å². The lowest BCUT2D eigenvalue weighted by Crippen LogP contribution is -2.24. The molecule has 2 aromatic rings. The molecule has 0 aromatic heterocycles. The minimum Gasteiger partial charge on any atom is -0.497 e. The summed E-state index contributed by atoms with van der Waals surface area (Å²) in [6, 6.07) is 16.1. The standard InChI is InChI=1S/C19H24O2/c1-4-5-15-6-10-17(11-7-15)19(2,20)14-16-8-12-18(21-3)13-9-16/h6-13,20H,4-5,14H2,1-3H3. The fraction of sp³-hybridized carbons (Fsp3) is 0.368. The number of aryl methyl sites for hydroxylation is 1. The average Bonchev–Trinajstić information content (AvgIpc) is 2.48. The summed E-state index contributed by atoms with van der Waals surface area (Å²) in [5.74, 6) is 0.835. The summed E-state index contributed by atoms with van der Waals surface area (Å²) in [7, 11) is 1.66. The Hall–Kier alpha value is -1.80. The van der Waals surface area contributed by atoms with Gasteiger partial charge in [0.15, 0.2) is 0 Å². The highest BCUT2D eigenvalue weighted by Crippen LogP contribution is 2.26. The van der Waals surface area contributed by atoms with Gasteiger partial charge in [-0.1, -0.05) is 49.7 Å². The number of methoxy groups -OCH3 is 1. The van der Waals surface area contributed by atoms with Crippen molar-refractivity contribution in [2.24, 2.45) is 0 Å².